The molecule has 98 valence electrons. The van der Waals surface area contributed by atoms with Crippen LogP contribution in [0, 0.1) is 0 Å². The molecule has 0 saturated carbocycles. The van der Waals surface area contributed by atoms with E-state index in [1.807, 2.05) is 0 Å². The summed E-state index contributed by atoms with van der Waals surface area (Å²) in [5.74, 6) is 0. The van der Waals surface area contributed by atoms with Crippen molar-refractivity contribution in [3.8, 4) is 0 Å². The minimum atomic E-state index is -4.92. The Morgan fingerprint density at radius 2 is 1.75 bits per heavy atom. The highest BCUT2D eigenvalue weighted by molar-refractivity contribution is 7.79. The molecule has 6 nitrogen and oxygen atoms in total. The van der Waals surface area contributed by atoms with Crippen LogP contribution in [0.2, 0.25) is 0 Å². The Bertz CT molecular complexity index is 315. The van der Waals surface area contributed by atoms with Gasteiger partial charge in [-0.3, -0.25) is 4.55 Å². The topological polar surface area (TPSA) is 97.7 Å². The predicted octanol–water partition coefficient (Wildman–Crippen LogP) is 0.000700. The quantitative estimate of drug-likeness (QED) is 0.361. The zero-order chi connectivity index (χ0) is 13.2. The van der Waals surface area contributed by atoms with Gasteiger partial charge < -0.3 is 14.1 Å². The number of hydrogen-bond donors (Lipinski definition) is 2. The molecule has 1 heterocycles. The van der Waals surface area contributed by atoms with Gasteiger partial charge in [-0.25, -0.2) is 8.42 Å². The molecule has 0 amide bonds. The molecule has 1 aliphatic rings. The van der Waals surface area contributed by atoms with Crippen molar-refractivity contribution in [3.05, 3.63) is 0 Å². The molecule has 1 unspecified atom stereocenters. The van der Waals surface area contributed by atoms with Crippen LogP contribution in [0.15, 0.2) is 0 Å². The molecule has 16 heavy (non-hydrogen) atoms. The molecule has 0 aliphatic carbocycles. The van der Waals surface area contributed by atoms with Gasteiger partial charge in [0.15, 0.2) is 0 Å². The maximum atomic E-state index is 9.47. The molecular formula is C9H21NO5S. The Morgan fingerprint density at radius 3 is 2.00 bits per heavy atom. The Morgan fingerprint density at radius 1 is 1.38 bits per heavy atom. The highest BCUT2D eigenvalue weighted by Crippen LogP contribution is 2.31. The third kappa shape index (κ3) is 5.76. The van der Waals surface area contributed by atoms with Gasteiger partial charge in [-0.05, 0) is 13.8 Å². The Kier molecular flexibility index (Phi) is 4.90. The number of hydrogen-bond acceptors (Lipinski definition) is 4. The molecule has 1 saturated heterocycles. The second-order valence-electron chi connectivity index (χ2n) is 5.30. The van der Waals surface area contributed by atoms with Gasteiger partial charge >= 0.3 is 0 Å². The fraction of sp³-hybridized carbons (Fsp3) is 1.00. The van der Waals surface area contributed by atoms with E-state index in [1.165, 1.54) is 0 Å². The highest BCUT2D eigenvalue weighted by atomic mass is 32.3. The minimum absolute atomic E-state index is 0.0730. The SMILES string of the molecule is CC1(C)CC(O)CC[N+]1(C)C.O=S(=O)([O-])O. The van der Waals surface area contributed by atoms with Crippen molar-refractivity contribution in [2.24, 2.45) is 0 Å². The predicted molar refractivity (Wildman–Crippen MR) is 58.6 cm³/mol. The first-order chi connectivity index (χ1) is 6.85. The van der Waals surface area contributed by atoms with Gasteiger partial charge in [0.1, 0.15) is 0 Å². The Balaban J connectivity index is 0.000000385. The lowest BCUT2D eigenvalue weighted by Gasteiger charge is -2.49. The van der Waals surface area contributed by atoms with Gasteiger partial charge in [0.05, 0.1) is 32.3 Å². The number of piperidine rings is 1. The van der Waals surface area contributed by atoms with Crippen LogP contribution in [0.4, 0.5) is 0 Å². The minimum Gasteiger partial charge on any atom is -0.726 e. The number of quaternary nitrogens is 1. The van der Waals surface area contributed by atoms with Gasteiger partial charge in [0, 0.05) is 12.8 Å². The van der Waals surface area contributed by atoms with Crippen molar-refractivity contribution >= 4 is 10.4 Å². The van der Waals surface area contributed by atoms with E-state index in [1.54, 1.807) is 0 Å². The van der Waals surface area contributed by atoms with Crippen molar-refractivity contribution in [2.75, 3.05) is 20.6 Å². The Hall–Kier alpha value is -0.210. The largest absolute Gasteiger partial charge is 0.726 e. The summed E-state index contributed by atoms with van der Waals surface area (Å²) in [6.07, 6.45) is 1.81. The number of rotatable bonds is 0. The number of aliphatic hydroxyl groups is 1. The fourth-order valence-corrected chi connectivity index (χ4v) is 1.70. The summed E-state index contributed by atoms with van der Waals surface area (Å²) in [5, 5.41) is 9.47. The molecule has 1 rings (SSSR count). The summed E-state index contributed by atoms with van der Waals surface area (Å²) in [7, 11) is -0.433. The summed E-state index contributed by atoms with van der Waals surface area (Å²) >= 11 is 0. The zero-order valence-corrected chi connectivity index (χ0v) is 11.0. The van der Waals surface area contributed by atoms with E-state index in [9.17, 15) is 5.11 Å². The van der Waals surface area contributed by atoms with E-state index in [0.29, 0.717) is 0 Å². The van der Waals surface area contributed by atoms with Crippen LogP contribution in [-0.2, 0) is 10.4 Å². The molecule has 7 heteroatoms. The molecule has 0 aromatic heterocycles. The second-order valence-corrected chi connectivity index (χ2v) is 6.15. The zero-order valence-electron chi connectivity index (χ0n) is 10.2. The Labute approximate surface area is 97.1 Å². The lowest BCUT2D eigenvalue weighted by atomic mass is 9.87. The molecule has 1 aliphatic heterocycles. The van der Waals surface area contributed by atoms with Gasteiger partial charge in [0.2, 0.25) is 10.4 Å². The van der Waals surface area contributed by atoms with Gasteiger partial charge in [-0.1, -0.05) is 0 Å². The van der Waals surface area contributed by atoms with Crippen LogP contribution in [0.5, 0.6) is 0 Å². The molecule has 0 bridgehead atoms. The number of nitrogens with zero attached hydrogens (tertiary/aromatic N) is 1. The molecule has 1 fully saturated rings. The first-order valence-corrected chi connectivity index (χ1v) is 6.41. The first-order valence-electron chi connectivity index (χ1n) is 5.05. The molecule has 0 aromatic rings. The summed E-state index contributed by atoms with van der Waals surface area (Å²) < 4.78 is 33.9. The summed E-state index contributed by atoms with van der Waals surface area (Å²) in [6.45, 7) is 5.55. The van der Waals surface area contributed by atoms with Gasteiger partial charge in [-0.2, -0.15) is 0 Å². The van der Waals surface area contributed by atoms with Crippen molar-refractivity contribution in [3.63, 3.8) is 0 Å². The second kappa shape index (κ2) is 4.97. The molecular weight excluding hydrogens is 234 g/mol. The van der Waals surface area contributed by atoms with Crippen molar-refractivity contribution in [1.82, 2.24) is 0 Å². The molecule has 0 radical (unpaired) electrons. The van der Waals surface area contributed by atoms with Crippen LogP contribution >= 0.6 is 0 Å². The molecule has 2 N–H and O–H groups in total. The van der Waals surface area contributed by atoms with Crippen LogP contribution in [-0.4, -0.2) is 59.4 Å². The lowest BCUT2D eigenvalue weighted by Crippen LogP contribution is -2.61. The van der Waals surface area contributed by atoms with Crippen molar-refractivity contribution in [2.45, 2.75) is 38.3 Å². The van der Waals surface area contributed by atoms with Crippen LogP contribution in [0.25, 0.3) is 0 Å². The van der Waals surface area contributed by atoms with Gasteiger partial charge in [-0.15, -0.1) is 0 Å². The summed E-state index contributed by atoms with van der Waals surface area (Å²) in [6, 6.07) is 0. The fourth-order valence-electron chi connectivity index (χ4n) is 1.70. The maximum absolute atomic E-state index is 9.47. The number of aliphatic hydroxyl groups excluding tert-OH is 1. The van der Waals surface area contributed by atoms with E-state index >= 15 is 0 Å². The van der Waals surface area contributed by atoms with Crippen LogP contribution in [0.3, 0.4) is 0 Å². The number of likely N-dealkylation sites (tertiary alicyclic amines) is 1. The van der Waals surface area contributed by atoms with E-state index in [-0.39, 0.29) is 11.6 Å². The average Bonchev–Trinajstić information content (AvgIpc) is 1.94. The maximum Gasteiger partial charge on any atom is 0.215 e. The third-order valence-electron chi connectivity index (χ3n) is 3.40. The summed E-state index contributed by atoms with van der Waals surface area (Å²) in [5.41, 5.74) is 0.234. The monoisotopic (exact) mass is 255 g/mol. The van der Waals surface area contributed by atoms with E-state index in [2.05, 4.69) is 27.9 Å². The average molecular weight is 255 g/mol. The normalized spacial score (nSPS) is 27.8. The van der Waals surface area contributed by atoms with Gasteiger partial charge in [0.25, 0.3) is 0 Å². The smallest absolute Gasteiger partial charge is 0.215 e. The van der Waals surface area contributed by atoms with E-state index < -0.39 is 10.4 Å². The lowest BCUT2D eigenvalue weighted by molar-refractivity contribution is -0.944. The van der Waals surface area contributed by atoms with Crippen LogP contribution < -0.4 is 0 Å². The molecule has 1 atom stereocenters. The van der Waals surface area contributed by atoms with E-state index in [4.69, 9.17) is 17.5 Å². The van der Waals surface area contributed by atoms with Crippen molar-refractivity contribution in [1.29, 1.82) is 0 Å². The standard InChI is InChI=1S/C9H20NO.H2O4S/c1-9(2)7-8(11)5-6-10(9,3)4;1-5(2,3)4/h8,11H,5-7H2,1-4H3;(H2,1,2,3,4)/q+1;/p-1. The third-order valence-corrected chi connectivity index (χ3v) is 3.40. The van der Waals surface area contributed by atoms with E-state index in [0.717, 1.165) is 23.9 Å². The molecule has 0 spiro atoms. The van der Waals surface area contributed by atoms with Crippen LogP contribution in [0.1, 0.15) is 26.7 Å². The molecule has 0 aromatic carbocycles. The first kappa shape index (κ1) is 15.8. The highest BCUT2D eigenvalue weighted by Gasteiger charge is 2.42. The van der Waals surface area contributed by atoms with Crippen molar-refractivity contribution < 1.29 is 27.1 Å². The summed E-state index contributed by atoms with van der Waals surface area (Å²) in [4.78, 5) is 0.